The Balaban J connectivity index is 0. The molecule has 0 aliphatic carbocycles. The maximum Gasteiger partial charge on any atom is 0 e. The minimum atomic E-state index is 0. The Morgan fingerprint density at radius 2 is 1.00 bits per heavy atom. The molecule has 0 saturated carbocycles. The molecule has 0 rings (SSSR count). The minimum Gasteiger partial charge on any atom is 0 e. The van der Waals surface area contributed by atoms with Crippen LogP contribution in [0.1, 0.15) is 0 Å². The SMILES string of the molecule is [Fe].[Nb].[SnH4].[Zr]. The summed E-state index contributed by atoms with van der Waals surface area (Å²) in [5, 5.41) is 0. The summed E-state index contributed by atoms with van der Waals surface area (Å²) in [4.78, 5) is 0. The molecule has 0 saturated heterocycles. The summed E-state index contributed by atoms with van der Waals surface area (Å²) in [6.45, 7) is 0. The van der Waals surface area contributed by atoms with Crippen molar-refractivity contribution in [3.63, 3.8) is 0 Å². The fraction of sp³-hybridized carbons (Fsp3) is 0. The molecule has 0 nitrogen and oxygen atoms in total. The van der Waals surface area contributed by atoms with Crippen LogP contribution in [-0.4, -0.2) is 23.9 Å². The molecule has 0 amide bonds. The molecule has 0 aromatic heterocycles. The largest absolute Gasteiger partial charge is 0 e. The van der Waals surface area contributed by atoms with Gasteiger partial charge >= 0.3 is 23.9 Å². The van der Waals surface area contributed by atoms with Crippen molar-refractivity contribution in [2.24, 2.45) is 0 Å². The molecular formula is H4FeNbSnZr. The van der Waals surface area contributed by atoms with Gasteiger partial charge in [-0.15, -0.1) is 0 Å². The molecule has 4 heavy (non-hydrogen) atoms. The van der Waals surface area contributed by atoms with Crippen molar-refractivity contribution in [3.8, 4) is 0 Å². The van der Waals surface area contributed by atoms with E-state index in [4.69, 9.17) is 0 Å². The molecule has 0 fully saturated rings. The molecule has 0 aliphatic rings. The zero-order valence-electron chi connectivity index (χ0n) is 1.30. The summed E-state index contributed by atoms with van der Waals surface area (Å²) in [6, 6.07) is 0. The van der Waals surface area contributed by atoms with E-state index in [0.717, 1.165) is 0 Å². The summed E-state index contributed by atoms with van der Waals surface area (Å²) in [6.07, 6.45) is 0. The van der Waals surface area contributed by atoms with E-state index in [0.29, 0.717) is 0 Å². The third kappa shape index (κ3) is 8.87. The van der Waals surface area contributed by atoms with E-state index in [2.05, 4.69) is 0 Å². The molecule has 0 bridgehead atoms. The maximum atomic E-state index is 0. The second-order valence-electron chi connectivity index (χ2n) is 0. The monoisotopic (exact) mass is 363 g/mol. The Hall–Kier alpha value is 2.94. The first-order chi connectivity index (χ1) is 0. The first-order valence-electron chi connectivity index (χ1n) is 0. The van der Waals surface area contributed by atoms with E-state index in [1.165, 1.54) is 0 Å². The van der Waals surface area contributed by atoms with Crippen LogP contribution >= 0.6 is 0 Å². The van der Waals surface area contributed by atoms with E-state index in [-0.39, 0.29) is 89.6 Å². The van der Waals surface area contributed by atoms with E-state index < -0.39 is 0 Å². The van der Waals surface area contributed by atoms with Gasteiger partial charge in [0.15, 0.2) is 0 Å². The maximum absolute atomic E-state index is 0. The van der Waals surface area contributed by atoms with Crippen LogP contribution < -0.4 is 0 Å². The molecule has 0 aliphatic heterocycles. The molecule has 0 atom stereocenters. The van der Waals surface area contributed by atoms with Crippen LogP contribution in [0.5, 0.6) is 0 Å². The Morgan fingerprint density at radius 3 is 1.00 bits per heavy atom. The van der Waals surface area contributed by atoms with Crippen molar-refractivity contribution in [1.29, 1.82) is 0 Å². The Kier molecular flexibility index (Phi) is 119. The molecule has 0 unspecified atom stereocenters. The van der Waals surface area contributed by atoms with Gasteiger partial charge in [0.1, 0.15) is 0 Å². The molecule has 0 spiro atoms. The van der Waals surface area contributed by atoms with Crippen LogP contribution in [0.3, 0.4) is 0 Å². The summed E-state index contributed by atoms with van der Waals surface area (Å²) < 4.78 is 0. The fourth-order valence-corrected chi connectivity index (χ4v) is 0. The summed E-state index contributed by atoms with van der Waals surface area (Å²) in [5.41, 5.74) is 0. The molecule has 4 heteroatoms. The van der Waals surface area contributed by atoms with Crippen molar-refractivity contribution in [2.45, 2.75) is 0 Å². The third-order valence-corrected chi connectivity index (χ3v) is 0. The average Bonchev–Trinajstić information content (AvgIpc) is 0. The van der Waals surface area contributed by atoms with E-state index in [1.54, 1.807) is 0 Å². The van der Waals surface area contributed by atoms with Crippen LogP contribution in [0.25, 0.3) is 0 Å². The van der Waals surface area contributed by atoms with E-state index in [1.807, 2.05) is 0 Å². The molecule has 25 valence electrons. The van der Waals surface area contributed by atoms with Gasteiger partial charge in [-0.05, 0) is 0 Å². The molecular weight excluding hydrogens is 359 g/mol. The second kappa shape index (κ2) is 16.8. The first-order valence-corrected chi connectivity index (χ1v) is 0. The zero-order valence-corrected chi connectivity index (χ0v) is 7.06. The normalized spacial score (nSPS) is 0. The number of rotatable bonds is 0. The van der Waals surface area contributed by atoms with Gasteiger partial charge in [-0.25, -0.2) is 0 Å². The van der Waals surface area contributed by atoms with Gasteiger partial charge in [0.05, 0.1) is 0 Å². The van der Waals surface area contributed by atoms with Crippen molar-refractivity contribution in [1.82, 2.24) is 0 Å². The van der Waals surface area contributed by atoms with Crippen molar-refractivity contribution in [3.05, 3.63) is 0 Å². The van der Waals surface area contributed by atoms with Crippen molar-refractivity contribution < 1.29 is 65.7 Å². The van der Waals surface area contributed by atoms with E-state index in [9.17, 15) is 0 Å². The number of hydrogen-bond acceptors (Lipinski definition) is 0. The average molecular weight is 363 g/mol. The van der Waals surface area contributed by atoms with Crippen molar-refractivity contribution >= 4 is 23.9 Å². The Labute approximate surface area is 87.9 Å². The van der Waals surface area contributed by atoms with Gasteiger partial charge < -0.3 is 0 Å². The third-order valence-electron chi connectivity index (χ3n) is 0. The predicted octanol–water partition coefficient (Wildman–Crippen LogP) is -1.46. The van der Waals surface area contributed by atoms with Gasteiger partial charge in [-0.3, -0.25) is 0 Å². The Bertz CT molecular complexity index is 8.00. The molecule has 0 aromatic carbocycles. The van der Waals surface area contributed by atoms with Crippen LogP contribution in [0.15, 0.2) is 0 Å². The smallest absolute Gasteiger partial charge is 0 e. The van der Waals surface area contributed by atoms with Gasteiger partial charge in [-0.1, -0.05) is 0 Å². The molecule has 0 heterocycles. The molecule has 0 aromatic rings. The van der Waals surface area contributed by atoms with Crippen molar-refractivity contribution in [2.75, 3.05) is 0 Å². The Morgan fingerprint density at radius 1 is 1.00 bits per heavy atom. The van der Waals surface area contributed by atoms with Crippen LogP contribution in [0.2, 0.25) is 0 Å². The quantitative estimate of drug-likeness (QED) is 0.462. The van der Waals surface area contributed by atoms with Crippen LogP contribution in [0.4, 0.5) is 0 Å². The minimum absolute atomic E-state index is 0. The zero-order chi connectivity index (χ0) is 0. The summed E-state index contributed by atoms with van der Waals surface area (Å²) in [5.74, 6) is 0. The second-order valence-corrected chi connectivity index (χ2v) is 0. The van der Waals surface area contributed by atoms with Crippen LogP contribution in [0, 0.1) is 0 Å². The first kappa shape index (κ1) is 28.3. The van der Waals surface area contributed by atoms with Gasteiger partial charge in [-0.2, -0.15) is 0 Å². The predicted molar refractivity (Wildman–Crippen MR) is 11.3 cm³/mol. The van der Waals surface area contributed by atoms with Gasteiger partial charge in [0.2, 0.25) is 0 Å². The fourth-order valence-electron chi connectivity index (χ4n) is 0. The molecule has 1 radical (unpaired) electrons. The van der Waals surface area contributed by atoms with E-state index >= 15 is 0 Å². The van der Waals surface area contributed by atoms with Gasteiger partial charge in [0, 0.05) is 65.7 Å². The molecule has 0 N–H and O–H groups in total. The summed E-state index contributed by atoms with van der Waals surface area (Å²) in [7, 11) is 0. The topological polar surface area (TPSA) is 0 Å². The van der Waals surface area contributed by atoms with Crippen LogP contribution in [-0.2, 0) is 65.7 Å². The summed E-state index contributed by atoms with van der Waals surface area (Å²) >= 11 is 0. The number of hydrogen-bond donors (Lipinski definition) is 0. The van der Waals surface area contributed by atoms with Gasteiger partial charge in [0.25, 0.3) is 0 Å². The standard InChI is InChI=1S/Fe.Nb.Sn.Zr.4H.